The van der Waals surface area contributed by atoms with E-state index in [1.54, 1.807) is 13.2 Å². The Labute approximate surface area is 259 Å². The van der Waals surface area contributed by atoms with Gasteiger partial charge in [0.2, 0.25) is 17.9 Å². The van der Waals surface area contributed by atoms with Crippen molar-refractivity contribution in [3.05, 3.63) is 23.0 Å². The number of esters is 1. The van der Waals surface area contributed by atoms with E-state index in [4.69, 9.17) is 23.4 Å². The monoisotopic (exact) mass is 631 g/mol. The van der Waals surface area contributed by atoms with Gasteiger partial charge in [0.25, 0.3) is 0 Å². The van der Waals surface area contributed by atoms with Gasteiger partial charge in [-0.2, -0.15) is 0 Å². The van der Waals surface area contributed by atoms with Crippen LogP contribution in [0, 0.1) is 11.8 Å². The predicted octanol–water partition coefficient (Wildman–Crippen LogP) is 1.08. The zero-order chi connectivity index (χ0) is 31.6. The van der Waals surface area contributed by atoms with Gasteiger partial charge in [-0.25, -0.2) is 0 Å². The summed E-state index contributed by atoms with van der Waals surface area (Å²) in [4.78, 5) is 26.3. The van der Waals surface area contributed by atoms with Crippen LogP contribution in [-0.2, 0) is 25.5 Å². The fraction of sp³-hybridized carbons (Fsp3) is 0.688. The molecule has 1 amide bonds. The normalized spacial score (nSPS) is 34.7. The molecule has 1 aromatic heterocycles. The van der Waals surface area contributed by atoms with Crippen molar-refractivity contribution in [3.8, 4) is 11.5 Å². The molecule has 0 spiro atoms. The topological polar surface area (TPSA) is 197 Å². The molecule has 5 aliphatic rings. The SMILES string of the molecule is CCOC(=O)C1Cc2c(OC3OC(C(O)O)C(O)C(O)C3O)c(OC3CCCCC3)c3occ4c3c2C(C1)CC1C(=O)NCC41. The van der Waals surface area contributed by atoms with Crippen LogP contribution in [0.5, 0.6) is 11.5 Å². The molecule has 9 unspecified atom stereocenters. The van der Waals surface area contributed by atoms with Crippen LogP contribution in [0.1, 0.15) is 80.4 Å². The van der Waals surface area contributed by atoms with Gasteiger partial charge in [0.15, 0.2) is 17.6 Å². The van der Waals surface area contributed by atoms with Gasteiger partial charge in [0.1, 0.15) is 24.4 Å². The van der Waals surface area contributed by atoms with E-state index in [0.717, 1.165) is 48.6 Å². The van der Waals surface area contributed by atoms with Gasteiger partial charge in [-0.15, -0.1) is 0 Å². The van der Waals surface area contributed by atoms with Crippen molar-refractivity contribution in [2.75, 3.05) is 13.2 Å². The number of furan rings is 1. The molecule has 9 atom stereocenters. The minimum Gasteiger partial charge on any atom is -0.483 e. The first-order valence-corrected chi connectivity index (χ1v) is 16.1. The first-order valence-electron chi connectivity index (χ1n) is 16.1. The van der Waals surface area contributed by atoms with Gasteiger partial charge in [-0.3, -0.25) is 9.59 Å². The summed E-state index contributed by atoms with van der Waals surface area (Å²) in [5, 5.41) is 55.5. The Kier molecular flexibility index (Phi) is 8.20. The molecule has 0 bridgehead atoms. The zero-order valence-electron chi connectivity index (χ0n) is 25.1. The maximum Gasteiger partial charge on any atom is 0.309 e. The molecule has 2 aliphatic heterocycles. The summed E-state index contributed by atoms with van der Waals surface area (Å²) in [6.07, 6.45) is -3.54. The Bertz CT molecular complexity index is 1450. The van der Waals surface area contributed by atoms with Crippen molar-refractivity contribution in [3.63, 3.8) is 0 Å². The number of rotatable bonds is 7. The highest BCUT2D eigenvalue weighted by Crippen LogP contribution is 2.57. The number of fused-ring (bicyclic) bond motifs is 2. The van der Waals surface area contributed by atoms with Gasteiger partial charge in [0, 0.05) is 34.9 Å². The van der Waals surface area contributed by atoms with E-state index in [1.165, 1.54) is 0 Å². The Morgan fingerprint density at radius 3 is 2.53 bits per heavy atom. The van der Waals surface area contributed by atoms with E-state index < -0.39 is 42.9 Å². The van der Waals surface area contributed by atoms with Crippen LogP contribution in [0.25, 0.3) is 11.0 Å². The Morgan fingerprint density at radius 1 is 1.02 bits per heavy atom. The zero-order valence-corrected chi connectivity index (χ0v) is 25.1. The summed E-state index contributed by atoms with van der Waals surface area (Å²) in [6, 6.07) is 0. The summed E-state index contributed by atoms with van der Waals surface area (Å²) in [5.74, 6) is -1.24. The van der Waals surface area contributed by atoms with Gasteiger partial charge >= 0.3 is 5.97 Å². The molecule has 2 aromatic rings. The van der Waals surface area contributed by atoms with Crippen LogP contribution in [0.2, 0.25) is 0 Å². The predicted molar refractivity (Wildman–Crippen MR) is 154 cm³/mol. The molecule has 0 radical (unpaired) electrons. The number of amides is 1. The number of hydrogen-bond donors (Lipinski definition) is 6. The molecule has 6 N–H and O–H groups in total. The van der Waals surface area contributed by atoms with Crippen LogP contribution in [-0.4, -0.2) is 93.7 Å². The average Bonchev–Trinajstić information content (AvgIpc) is 3.58. The highest BCUT2D eigenvalue weighted by Gasteiger charge is 2.50. The van der Waals surface area contributed by atoms with E-state index in [1.807, 2.05) is 0 Å². The highest BCUT2D eigenvalue weighted by molar-refractivity contribution is 5.97. The summed E-state index contributed by atoms with van der Waals surface area (Å²) >= 11 is 0. The van der Waals surface area contributed by atoms with Crippen LogP contribution in [0.15, 0.2) is 10.7 Å². The maximum absolute atomic E-state index is 13.3. The molecule has 246 valence electrons. The third-order valence-corrected chi connectivity index (χ3v) is 10.4. The number of carbonyl (C=O) groups is 2. The lowest BCUT2D eigenvalue weighted by Gasteiger charge is -2.41. The van der Waals surface area contributed by atoms with Crippen molar-refractivity contribution < 1.29 is 58.5 Å². The largest absolute Gasteiger partial charge is 0.483 e. The van der Waals surface area contributed by atoms with Crippen LogP contribution in [0.4, 0.5) is 0 Å². The van der Waals surface area contributed by atoms with Crippen LogP contribution in [0.3, 0.4) is 0 Å². The van der Waals surface area contributed by atoms with Gasteiger partial charge in [0.05, 0.1) is 24.9 Å². The number of aliphatic hydroxyl groups is 5. The van der Waals surface area contributed by atoms with Crippen molar-refractivity contribution in [1.82, 2.24) is 5.32 Å². The van der Waals surface area contributed by atoms with Crippen LogP contribution < -0.4 is 14.8 Å². The first kappa shape index (κ1) is 30.7. The van der Waals surface area contributed by atoms with Gasteiger partial charge < -0.3 is 54.2 Å². The highest BCUT2D eigenvalue weighted by atomic mass is 16.7. The molecule has 13 nitrogen and oxygen atoms in total. The maximum atomic E-state index is 13.3. The molecule has 7 rings (SSSR count). The lowest BCUT2D eigenvalue weighted by molar-refractivity contribution is -0.310. The van der Waals surface area contributed by atoms with Gasteiger partial charge in [-0.05, 0) is 63.4 Å². The Hall–Kier alpha value is -2.94. The summed E-state index contributed by atoms with van der Waals surface area (Å²) in [6.45, 7) is 2.41. The van der Waals surface area contributed by atoms with E-state index in [9.17, 15) is 35.1 Å². The minimum atomic E-state index is -2.17. The number of aliphatic hydroxyl groups excluding tert-OH is 4. The van der Waals surface area contributed by atoms with Gasteiger partial charge in [-0.1, -0.05) is 6.42 Å². The van der Waals surface area contributed by atoms with E-state index in [0.29, 0.717) is 30.5 Å². The van der Waals surface area contributed by atoms with E-state index in [-0.39, 0.29) is 60.3 Å². The quantitative estimate of drug-likeness (QED) is 0.188. The molecule has 45 heavy (non-hydrogen) atoms. The molecular weight excluding hydrogens is 590 g/mol. The molecule has 13 heteroatoms. The number of hydrogen-bond acceptors (Lipinski definition) is 12. The number of carbonyl (C=O) groups excluding carboxylic acids is 2. The number of benzene rings is 1. The van der Waals surface area contributed by atoms with Crippen molar-refractivity contribution in [1.29, 1.82) is 0 Å². The molecule has 2 saturated heterocycles. The van der Waals surface area contributed by atoms with E-state index in [2.05, 4.69) is 5.32 Å². The third-order valence-electron chi connectivity index (χ3n) is 10.4. The first-order chi connectivity index (χ1) is 21.7. The fourth-order valence-electron chi connectivity index (χ4n) is 8.19. The number of nitrogens with one attached hydrogen (secondary N) is 1. The molecule has 1 saturated carbocycles. The fourth-order valence-corrected chi connectivity index (χ4v) is 8.19. The lowest BCUT2D eigenvalue weighted by atomic mass is 9.72. The molecule has 3 aliphatic carbocycles. The Morgan fingerprint density at radius 2 is 1.80 bits per heavy atom. The standard InChI is InChI=1S/C32H41NO12/c1-2-41-31(40)14-8-13-9-16-18(11-33-29(16)37)19-12-42-26-21(19)20(13)17(10-14)25(28(26)43-15-6-4-3-5-7-15)44-32-24(36)22(34)23(35)27(45-32)30(38)39/h12-16,18,22-24,27,30,32,34-36,38-39H,2-11H2,1H3,(H,33,37). The summed E-state index contributed by atoms with van der Waals surface area (Å²) in [5.41, 5.74) is 2.82. The van der Waals surface area contributed by atoms with Crippen molar-refractivity contribution in [2.45, 2.75) is 113 Å². The second kappa shape index (κ2) is 12.0. The second-order valence-electron chi connectivity index (χ2n) is 13.1. The molecule has 3 heterocycles. The lowest BCUT2D eigenvalue weighted by Crippen LogP contribution is -2.62. The summed E-state index contributed by atoms with van der Waals surface area (Å²) in [7, 11) is 0. The van der Waals surface area contributed by atoms with Crippen molar-refractivity contribution in [2.24, 2.45) is 11.8 Å². The van der Waals surface area contributed by atoms with Crippen molar-refractivity contribution >= 4 is 22.8 Å². The molecule has 1 aromatic carbocycles. The molecule has 3 fully saturated rings. The second-order valence-corrected chi connectivity index (χ2v) is 13.1. The molecular formula is C32H41NO12. The Balaban J connectivity index is 1.42. The summed E-state index contributed by atoms with van der Waals surface area (Å²) < 4.78 is 30.4. The van der Waals surface area contributed by atoms with Crippen LogP contribution >= 0.6 is 0 Å². The third kappa shape index (κ3) is 5.17. The van der Waals surface area contributed by atoms with E-state index >= 15 is 0 Å². The number of ether oxygens (including phenoxy) is 4. The minimum absolute atomic E-state index is 0.0445. The average molecular weight is 632 g/mol. The smallest absolute Gasteiger partial charge is 0.309 e.